The Morgan fingerprint density at radius 1 is 1.18 bits per heavy atom. The van der Waals surface area contributed by atoms with E-state index < -0.39 is 5.54 Å². The molecule has 2 heterocycles. The third-order valence-corrected chi connectivity index (χ3v) is 3.81. The molecule has 0 atom stereocenters. The smallest absolute Gasteiger partial charge is 0.271 e. The van der Waals surface area contributed by atoms with Crippen molar-refractivity contribution < 1.29 is 4.79 Å². The maximum Gasteiger partial charge on any atom is 0.271 e. The SMILES string of the molecule is CC(C)(NC(=O)c1ncnc2[nH]ccc12)c1ccc(Cl)cc1. The number of nitrogens with zero attached hydrogens (tertiary/aromatic N) is 2. The summed E-state index contributed by atoms with van der Waals surface area (Å²) in [5.74, 6) is -0.244. The average Bonchev–Trinajstić information content (AvgIpc) is 2.95. The predicted molar refractivity (Wildman–Crippen MR) is 85.8 cm³/mol. The summed E-state index contributed by atoms with van der Waals surface area (Å²) in [6.45, 7) is 3.87. The number of fused-ring (bicyclic) bond motifs is 1. The lowest BCUT2D eigenvalue weighted by molar-refractivity contribution is 0.0908. The second-order valence-corrected chi connectivity index (χ2v) is 5.98. The summed E-state index contributed by atoms with van der Waals surface area (Å²) in [5, 5.41) is 4.37. The molecule has 1 aromatic carbocycles. The number of nitrogens with one attached hydrogen (secondary N) is 2. The Bertz CT molecular complexity index is 824. The topological polar surface area (TPSA) is 70.7 Å². The van der Waals surface area contributed by atoms with Gasteiger partial charge in [0.25, 0.3) is 5.91 Å². The highest BCUT2D eigenvalue weighted by Crippen LogP contribution is 2.23. The Morgan fingerprint density at radius 3 is 2.64 bits per heavy atom. The van der Waals surface area contributed by atoms with Crippen molar-refractivity contribution in [2.24, 2.45) is 0 Å². The first-order valence-corrected chi connectivity index (χ1v) is 7.22. The molecule has 22 heavy (non-hydrogen) atoms. The van der Waals surface area contributed by atoms with Gasteiger partial charge in [0.1, 0.15) is 17.7 Å². The molecule has 0 saturated heterocycles. The summed E-state index contributed by atoms with van der Waals surface area (Å²) < 4.78 is 0. The Balaban J connectivity index is 1.90. The number of rotatable bonds is 3. The molecule has 0 bridgehead atoms. The summed E-state index contributed by atoms with van der Waals surface area (Å²) >= 11 is 5.91. The van der Waals surface area contributed by atoms with Crippen molar-refractivity contribution in [1.82, 2.24) is 20.3 Å². The van der Waals surface area contributed by atoms with Gasteiger partial charge in [-0.1, -0.05) is 23.7 Å². The van der Waals surface area contributed by atoms with Crippen LogP contribution in [-0.4, -0.2) is 20.9 Å². The molecule has 3 rings (SSSR count). The van der Waals surface area contributed by atoms with E-state index in [1.165, 1.54) is 6.33 Å². The largest absolute Gasteiger partial charge is 0.346 e. The van der Waals surface area contributed by atoms with Crippen LogP contribution in [0.25, 0.3) is 11.0 Å². The van der Waals surface area contributed by atoms with Crippen LogP contribution in [0.4, 0.5) is 0 Å². The van der Waals surface area contributed by atoms with E-state index in [-0.39, 0.29) is 5.91 Å². The summed E-state index contributed by atoms with van der Waals surface area (Å²) in [7, 11) is 0. The van der Waals surface area contributed by atoms with Gasteiger partial charge in [-0.15, -0.1) is 0 Å². The van der Waals surface area contributed by atoms with Crippen LogP contribution in [0, 0.1) is 0 Å². The molecule has 2 N–H and O–H groups in total. The van der Waals surface area contributed by atoms with Gasteiger partial charge >= 0.3 is 0 Å². The number of H-pyrrole nitrogens is 1. The summed E-state index contributed by atoms with van der Waals surface area (Å²) in [6, 6.07) is 9.20. The zero-order valence-electron chi connectivity index (χ0n) is 12.2. The van der Waals surface area contributed by atoms with Crippen molar-refractivity contribution in [3.05, 3.63) is 59.1 Å². The Labute approximate surface area is 132 Å². The van der Waals surface area contributed by atoms with E-state index >= 15 is 0 Å². The number of benzene rings is 1. The lowest BCUT2D eigenvalue weighted by Gasteiger charge is -2.27. The molecule has 6 heteroatoms. The molecule has 112 valence electrons. The minimum atomic E-state index is -0.546. The van der Waals surface area contributed by atoms with Crippen molar-refractivity contribution in [3.8, 4) is 0 Å². The van der Waals surface area contributed by atoms with Crippen LogP contribution in [0.2, 0.25) is 5.02 Å². The Morgan fingerprint density at radius 2 is 1.91 bits per heavy atom. The van der Waals surface area contributed by atoms with Crippen LogP contribution in [0.3, 0.4) is 0 Å². The summed E-state index contributed by atoms with van der Waals surface area (Å²) in [4.78, 5) is 23.7. The number of amides is 1. The normalized spacial score (nSPS) is 11.6. The molecular weight excluding hydrogens is 300 g/mol. The minimum Gasteiger partial charge on any atom is -0.346 e. The molecule has 0 aliphatic rings. The first-order valence-electron chi connectivity index (χ1n) is 6.84. The Kier molecular flexibility index (Phi) is 3.58. The fourth-order valence-electron chi connectivity index (χ4n) is 2.34. The van der Waals surface area contributed by atoms with E-state index in [0.29, 0.717) is 21.7 Å². The van der Waals surface area contributed by atoms with Crippen LogP contribution < -0.4 is 5.32 Å². The van der Waals surface area contributed by atoms with E-state index in [1.807, 2.05) is 26.0 Å². The Hall–Kier alpha value is -2.40. The molecule has 3 aromatic rings. The fraction of sp³-hybridized carbons (Fsp3) is 0.188. The third-order valence-electron chi connectivity index (χ3n) is 3.56. The third kappa shape index (κ3) is 2.67. The van der Waals surface area contributed by atoms with E-state index in [1.54, 1.807) is 24.4 Å². The second kappa shape index (κ2) is 5.42. The molecule has 5 nitrogen and oxygen atoms in total. The number of hydrogen-bond acceptors (Lipinski definition) is 3. The first kappa shape index (κ1) is 14.5. The maximum atomic E-state index is 12.6. The fourth-order valence-corrected chi connectivity index (χ4v) is 2.46. The number of aromatic nitrogens is 3. The molecule has 0 fully saturated rings. The maximum absolute atomic E-state index is 12.6. The van der Waals surface area contributed by atoms with Crippen molar-refractivity contribution >= 4 is 28.5 Å². The molecular formula is C16H15ClN4O. The number of hydrogen-bond donors (Lipinski definition) is 2. The molecule has 0 unspecified atom stereocenters. The molecule has 0 radical (unpaired) electrons. The van der Waals surface area contributed by atoms with Gasteiger partial charge in [0.05, 0.1) is 10.9 Å². The van der Waals surface area contributed by atoms with Crippen LogP contribution >= 0.6 is 11.6 Å². The number of carbonyl (C=O) groups excluding carboxylic acids is 1. The lowest BCUT2D eigenvalue weighted by atomic mass is 9.94. The van der Waals surface area contributed by atoms with E-state index in [0.717, 1.165) is 5.56 Å². The van der Waals surface area contributed by atoms with Crippen molar-refractivity contribution in [2.45, 2.75) is 19.4 Å². The average molecular weight is 315 g/mol. The molecule has 2 aromatic heterocycles. The van der Waals surface area contributed by atoms with Gasteiger partial charge in [-0.05, 0) is 37.6 Å². The van der Waals surface area contributed by atoms with Crippen molar-refractivity contribution in [3.63, 3.8) is 0 Å². The van der Waals surface area contributed by atoms with Crippen LogP contribution in [0.5, 0.6) is 0 Å². The lowest BCUT2D eigenvalue weighted by Crippen LogP contribution is -2.41. The highest BCUT2D eigenvalue weighted by Gasteiger charge is 2.25. The minimum absolute atomic E-state index is 0.244. The second-order valence-electron chi connectivity index (χ2n) is 5.55. The predicted octanol–water partition coefficient (Wildman–Crippen LogP) is 3.28. The molecule has 0 spiro atoms. The first-order chi connectivity index (χ1) is 10.5. The van der Waals surface area contributed by atoms with Gasteiger partial charge in [-0.25, -0.2) is 9.97 Å². The van der Waals surface area contributed by atoms with Crippen molar-refractivity contribution in [2.75, 3.05) is 0 Å². The van der Waals surface area contributed by atoms with Crippen molar-refractivity contribution in [1.29, 1.82) is 0 Å². The quantitative estimate of drug-likeness (QED) is 0.779. The zero-order valence-corrected chi connectivity index (χ0v) is 13.0. The highest BCUT2D eigenvalue weighted by molar-refractivity contribution is 6.30. The van der Waals surface area contributed by atoms with Gasteiger partial charge < -0.3 is 10.3 Å². The molecule has 0 aliphatic carbocycles. The van der Waals surface area contributed by atoms with Gasteiger partial charge in [0.2, 0.25) is 0 Å². The number of aromatic amines is 1. The number of carbonyl (C=O) groups is 1. The van der Waals surface area contributed by atoms with E-state index in [9.17, 15) is 4.79 Å². The molecule has 0 saturated carbocycles. The van der Waals surface area contributed by atoms with Crippen LogP contribution in [-0.2, 0) is 5.54 Å². The number of halogens is 1. The highest BCUT2D eigenvalue weighted by atomic mass is 35.5. The summed E-state index contributed by atoms with van der Waals surface area (Å²) in [6.07, 6.45) is 3.11. The van der Waals surface area contributed by atoms with Crippen LogP contribution in [0.1, 0.15) is 29.9 Å². The van der Waals surface area contributed by atoms with Gasteiger partial charge in [0.15, 0.2) is 0 Å². The molecule has 0 aliphatic heterocycles. The van der Waals surface area contributed by atoms with Gasteiger partial charge in [0, 0.05) is 11.2 Å². The zero-order chi connectivity index (χ0) is 15.7. The van der Waals surface area contributed by atoms with Crippen LogP contribution in [0.15, 0.2) is 42.9 Å². The molecule has 1 amide bonds. The monoisotopic (exact) mass is 314 g/mol. The standard InChI is InChI=1S/C16H15ClN4O/c1-16(2,10-3-5-11(17)6-4-10)21-15(22)13-12-7-8-18-14(12)20-9-19-13/h3-9H,1-2H3,(H,21,22)(H,18,19,20). The van der Waals surface area contributed by atoms with E-state index in [2.05, 4.69) is 20.3 Å². The van der Waals surface area contributed by atoms with Gasteiger partial charge in [-0.2, -0.15) is 0 Å². The van der Waals surface area contributed by atoms with E-state index in [4.69, 9.17) is 11.6 Å². The summed E-state index contributed by atoms with van der Waals surface area (Å²) in [5.41, 5.74) is 1.41. The van der Waals surface area contributed by atoms with Gasteiger partial charge in [-0.3, -0.25) is 4.79 Å².